The maximum Gasteiger partial charge on any atom is 0.322 e. The molecule has 1 fully saturated rings. The molecule has 3 nitrogen and oxygen atoms in total. The molecule has 3 heteroatoms. The van der Waals surface area contributed by atoms with Crippen molar-refractivity contribution >= 4 is 5.97 Å². The highest BCUT2D eigenvalue weighted by atomic mass is 16.5. The molecule has 0 aromatic rings. The van der Waals surface area contributed by atoms with Gasteiger partial charge < -0.3 is 10.1 Å². The molecule has 0 unspecified atom stereocenters. The van der Waals surface area contributed by atoms with Crippen LogP contribution >= 0.6 is 0 Å². The quantitative estimate of drug-likeness (QED) is 0.632. The van der Waals surface area contributed by atoms with Gasteiger partial charge in [-0.05, 0) is 25.7 Å². The SMILES string of the molecule is CC[C@H]1CCC[C@@H](C(=O)OC)N1. The summed E-state index contributed by atoms with van der Waals surface area (Å²) >= 11 is 0. The first-order valence-corrected chi connectivity index (χ1v) is 4.61. The summed E-state index contributed by atoms with van der Waals surface area (Å²) in [4.78, 5) is 11.1. The highest BCUT2D eigenvalue weighted by molar-refractivity contribution is 5.75. The predicted octanol–water partition coefficient (Wildman–Crippen LogP) is 1.08. The van der Waals surface area contributed by atoms with E-state index in [2.05, 4.69) is 17.0 Å². The molecule has 0 saturated carbocycles. The van der Waals surface area contributed by atoms with E-state index >= 15 is 0 Å². The zero-order valence-electron chi connectivity index (χ0n) is 7.80. The van der Waals surface area contributed by atoms with Crippen LogP contribution in [0.3, 0.4) is 0 Å². The molecule has 0 spiro atoms. The molecule has 70 valence electrons. The second kappa shape index (κ2) is 4.45. The molecule has 0 amide bonds. The topological polar surface area (TPSA) is 38.3 Å². The summed E-state index contributed by atoms with van der Waals surface area (Å²) in [7, 11) is 1.44. The molecular weight excluding hydrogens is 154 g/mol. The third kappa shape index (κ3) is 2.21. The van der Waals surface area contributed by atoms with E-state index in [0.717, 1.165) is 19.3 Å². The number of rotatable bonds is 2. The van der Waals surface area contributed by atoms with E-state index in [1.807, 2.05) is 0 Å². The van der Waals surface area contributed by atoms with Gasteiger partial charge in [-0.15, -0.1) is 0 Å². The molecule has 1 saturated heterocycles. The second-order valence-electron chi connectivity index (χ2n) is 3.28. The molecule has 0 aliphatic carbocycles. The molecule has 1 rings (SSSR count). The lowest BCUT2D eigenvalue weighted by Gasteiger charge is -2.28. The van der Waals surface area contributed by atoms with Crippen LogP contribution in [0.2, 0.25) is 0 Å². The number of piperidine rings is 1. The average molecular weight is 171 g/mol. The van der Waals surface area contributed by atoms with Gasteiger partial charge in [0.25, 0.3) is 0 Å². The van der Waals surface area contributed by atoms with E-state index in [-0.39, 0.29) is 12.0 Å². The molecule has 1 N–H and O–H groups in total. The fraction of sp³-hybridized carbons (Fsp3) is 0.889. The molecule has 0 radical (unpaired) electrons. The van der Waals surface area contributed by atoms with Crippen LogP contribution in [0, 0.1) is 0 Å². The first-order chi connectivity index (χ1) is 5.77. The highest BCUT2D eigenvalue weighted by Crippen LogP contribution is 2.15. The summed E-state index contributed by atoms with van der Waals surface area (Å²) in [6.07, 6.45) is 4.33. The molecule has 1 aliphatic heterocycles. The third-order valence-electron chi connectivity index (χ3n) is 2.46. The Morgan fingerprint density at radius 3 is 2.92 bits per heavy atom. The summed E-state index contributed by atoms with van der Waals surface area (Å²) in [6.45, 7) is 2.14. The van der Waals surface area contributed by atoms with Gasteiger partial charge in [0, 0.05) is 6.04 Å². The Labute approximate surface area is 73.5 Å². The standard InChI is InChI=1S/C9H17NO2/c1-3-7-5-4-6-8(10-7)9(11)12-2/h7-8,10H,3-6H2,1-2H3/t7-,8-/m0/s1. The van der Waals surface area contributed by atoms with Crippen molar-refractivity contribution in [2.45, 2.75) is 44.7 Å². The number of ether oxygens (including phenoxy) is 1. The Balaban J connectivity index is 2.40. The van der Waals surface area contributed by atoms with Crippen LogP contribution in [-0.4, -0.2) is 25.2 Å². The van der Waals surface area contributed by atoms with E-state index in [9.17, 15) is 4.79 Å². The fourth-order valence-corrected chi connectivity index (χ4v) is 1.67. The van der Waals surface area contributed by atoms with Crippen molar-refractivity contribution in [3.05, 3.63) is 0 Å². The van der Waals surface area contributed by atoms with E-state index < -0.39 is 0 Å². The molecule has 0 aromatic carbocycles. The van der Waals surface area contributed by atoms with Gasteiger partial charge in [-0.3, -0.25) is 4.79 Å². The third-order valence-corrected chi connectivity index (χ3v) is 2.46. The zero-order chi connectivity index (χ0) is 8.97. The minimum atomic E-state index is -0.117. The molecule has 1 heterocycles. The van der Waals surface area contributed by atoms with Crippen LogP contribution in [0.1, 0.15) is 32.6 Å². The first kappa shape index (κ1) is 9.52. The van der Waals surface area contributed by atoms with E-state index in [1.54, 1.807) is 0 Å². The van der Waals surface area contributed by atoms with Crippen LogP contribution in [-0.2, 0) is 9.53 Å². The molecule has 1 aliphatic rings. The van der Waals surface area contributed by atoms with Crippen molar-refractivity contribution < 1.29 is 9.53 Å². The number of hydrogen-bond donors (Lipinski definition) is 1. The van der Waals surface area contributed by atoms with E-state index in [1.165, 1.54) is 13.5 Å². The zero-order valence-corrected chi connectivity index (χ0v) is 7.80. The van der Waals surface area contributed by atoms with Gasteiger partial charge in [0.15, 0.2) is 0 Å². The average Bonchev–Trinajstić information content (AvgIpc) is 2.17. The number of carbonyl (C=O) groups is 1. The highest BCUT2D eigenvalue weighted by Gasteiger charge is 2.25. The molecule has 12 heavy (non-hydrogen) atoms. The lowest BCUT2D eigenvalue weighted by Crippen LogP contribution is -2.46. The van der Waals surface area contributed by atoms with Crippen LogP contribution in [0.25, 0.3) is 0 Å². The van der Waals surface area contributed by atoms with Crippen LogP contribution in [0.5, 0.6) is 0 Å². The van der Waals surface area contributed by atoms with Crippen molar-refractivity contribution in [1.29, 1.82) is 0 Å². The lowest BCUT2D eigenvalue weighted by atomic mass is 9.97. The predicted molar refractivity (Wildman–Crippen MR) is 46.9 cm³/mol. The fourth-order valence-electron chi connectivity index (χ4n) is 1.67. The Bertz CT molecular complexity index is 159. The molecule has 2 atom stereocenters. The molecule has 0 bridgehead atoms. The maximum absolute atomic E-state index is 11.1. The van der Waals surface area contributed by atoms with Gasteiger partial charge in [-0.1, -0.05) is 6.92 Å². The normalized spacial score (nSPS) is 29.8. The van der Waals surface area contributed by atoms with Crippen molar-refractivity contribution in [3.63, 3.8) is 0 Å². The maximum atomic E-state index is 11.1. The molecule has 0 aromatic heterocycles. The van der Waals surface area contributed by atoms with Crippen molar-refractivity contribution in [3.8, 4) is 0 Å². The van der Waals surface area contributed by atoms with Gasteiger partial charge in [-0.25, -0.2) is 0 Å². The van der Waals surface area contributed by atoms with Gasteiger partial charge in [-0.2, -0.15) is 0 Å². The minimum Gasteiger partial charge on any atom is -0.468 e. The Kier molecular flexibility index (Phi) is 3.53. The van der Waals surface area contributed by atoms with Crippen LogP contribution < -0.4 is 5.32 Å². The van der Waals surface area contributed by atoms with Gasteiger partial charge >= 0.3 is 5.97 Å². The largest absolute Gasteiger partial charge is 0.468 e. The summed E-state index contributed by atoms with van der Waals surface area (Å²) in [5.41, 5.74) is 0. The van der Waals surface area contributed by atoms with Crippen LogP contribution in [0.15, 0.2) is 0 Å². The number of carbonyl (C=O) groups excluding carboxylic acids is 1. The second-order valence-corrected chi connectivity index (χ2v) is 3.28. The lowest BCUT2D eigenvalue weighted by molar-refractivity contribution is -0.144. The van der Waals surface area contributed by atoms with Gasteiger partial charge in [0.2, 0.25) is 0 Å². The first-order valence-electron chi connectivity index (χ1n) is 4.61. The molecular formula is C9H17NO2. The Morgan fingerprint density at radius 1 is 1.58 bits per heavy atom. The van der Waals surface area contributed by atoms with Gasteiger partial charge in [0.05, 0.1) is 7.11 Å². The summed E-state index contributed by atoms with van der Waals surface area (Å²) in [5.74, 6) is -0.117. The smallest absolute Gasteiger partial charge is 0.322 e. The van der Waals surface area contributed by atoms with Gasteiger partial charge in [0.1, 0.15) is 6.04 Å². The van der Waals surface area contributed by atoms with Crippen LogP contribution in [0.4, 0.5) is 0 Å². The summed E-state index contributed by atoms with van der Waals surface area (Å²) < 4.78 is 4.68. The van der Waals surface area contributed by atoms with Crippen molar-refractivity contribution in [1.82, 2.24) is 5.32 Å². The number of nitrogens with one attached hydrogen (secondary N) is 1. The van der Waals surface area contributed by atoms with Crippen molar-refractivity contribution in [2.75, 3.05) is 7.11 Å². The van der Waals surface area contributed by atoms with E-state index in [4.69, 9.17) is 0 Å². The minimum absolute atomic E-state index is 0.0614. The van der Waals surface area contributed by atoms with Crippen molar-refractivity contribution in [2.24, 2.45) is 0 Å². The monoisotopic (exact) mass is 171 g/mol. The summed E-state index contributed by atoms with van der Waals surface area (Å²) in [6, 6.07) is 0.441. The Hall–Kier alpha value is -0.570. The number of hydrogen-bond acceptors (Lipinski definition) is 3. The number of esters is 1. The number of methoxy groups -OCH3 is 1. The Morgan fingerprint density at radius 2 is 2.33 bits per heavy atom. The van der Waals surface area contributed by atoms with E-state index in [0.29, 0.717) is 6.04 Å². The summed E-state index contributed by atoms with van der Waals surface area (Å²) in [5, 5.41) is 3.28.